The number of thiocarbonyl (C=S) groups is 1. The van der Waals surface area contributed by atoms with Crippen LogP contribution in [0.5, 0.6) is 5.75 Å². The van der Waals surface area contributed by atoms with Gasteiger partial charge >= 0.3 is 5.97 Å². The number of carbonyl (C=O) groups excluding carboxylic acids is 1. The lowest BCUT2D eigenvalue weighted by Gasteiger charge is -2.26. The summed E-state index contributed by atoms with van der Waals surface area (Å²) in [5.41, 5.74) is 2.31. The molecule has 2 heterocycles. The first-order chi connectivity index (χ1) is 17.8. The Hall–Kier alpha value is -2.14. The van der Waals surface area contributed by atoms with Crippen LogP contribution in [-0.2, 0) is 14.3 Å². The fourth-order valence-corrected chi connectivity index (χ4v) is 5.71. The molecule has 2 aliphatic rings. The van der Waals surface area contributed by atoms with E-state index in [1.807, 2.05) is 18.2 Å². The molecule has 0 spiro atoms. The molecule has 0 radical (unpaired) electrons. The molecule has 11 heteroatoms. The molecule has 2 saturated heterocycles. The normalized spacial score (nSPS) is 17.6. The number of hydrogen-bond acceptors (Lipinski definition) is 7. The van der Waals surface area contributed by atoms with Crippen LogP contribution in [-0.4, -0.2) is 77.1 Å². The molecule has 4 rings (SSSR count). The number of hydrogen-bond donors (Lipinski definition) is 1. The second-order valence-electron chi connectivity index (χ2n) is 8.51. The summed E-state index contributed by atoms with van der Waals surface area (Å²) in [6, 6.07) is 11.0. The third kappa shape index (κ3) is 7.46. The van der Waals surface area contributed by atoms with E-state index in [2.05, 4.69) is 4.90 Å². The van der Waals surface area contributed by atoms with E-state index >= 15 is 0 Å². The van der Waals surface area contributed by atoms with Crippen molar-refractivity contribution < 1.29 is 24.2 Å². The van der Waals surface area contributed by atoms with Crippen LogP contribution in [0.3, 0.4) is 0 Å². The van der Waals surface area contributed by atoms with Crippen molar-refractivity contribution in [2.45, 2.75) is 12.8 Å². The molecule has 0 aliphatic carbocycles. The molecule has 2 aromatic carbocycles. The Bertz CT molecular complexity index is 1220. The molecular weight excluding hydrogens is 555 g/mol. The van der Waals surface area contributed by atoms with Gasteiger partial charge < -0.3 is 14.6 Å². The van der Waals surface area contributed by atoms with E-state index in [1.165, 1.54) is 16.7 Å². The zero-order valence-corrected chi connectivity index (χ0v) is 23.1. The maximum absolute atomic E-state index is 13.1. The van der Waals surface area contributed by atoms with Gasteiger partial charge in [-0.15, -0.1) is 0 Å². The van der Waals surface area contributed by atoms with E-state index in [1.54, 1.807) is 24.3 Å². The lowest BCUT2D eigenvalue weighted by atomic mass is 10.0. The van der Waals surface area contributed by atoms with Gasteiger partial charge in [0.15, 0.2) is 0 Å². The zero-order chi connectivity index (χ0) is 26.4. The van der Waals surface area contributed by atoms with Gasteiger partial charge in [-0.3, -0.25) is 19.4 Å². The van der Waals surface area contributed by atoms with Gasteiger partial charge in [0, 0.05) is 53.8 Å². The number of amides is 1. The Morgan fingerprint density at radius 1 is 1.16 bits per heavy atom. The number of carboxylic acids is 1. The van der Waals surface area contributed by atoms with Crippen molar-refractivity contribution in [3.63, 3.8) is 0 Å². The van der Waals surface area contributed by atoms with E-state index in [0.717, 1.165) is 30.8 Å². The second-order valence-corrected chi connectivity index (χ2v) is 11.0. The van der Waals surface area contributed by atoms with Crippen LogP contribution >= 0.6 is 47.2 Å². The van der Waals surface area contributed by atoms with E-state index < -0.39 is 5.97 Å². The van der Waals surface area contributed by atoms with Gasteiger partial charge in [-0.1, -0.05) is 53.2 Å². The minimum absolute atomic E-state index is 0.0281. The zero-order valence-electron chi connectivity index (χ0n) is 20.0. The van der Waals surface area contributed by atoms with Crippen molar-refractivity contribution in [3.8, 4) is 16.9 Å². The lowest BCUT2D eigenvalue weighted by Crippen LogP contribution is -2.38. The highest BCUT2D eigenvalue weighted by Gasteiger charge is 2.32. The third-order valence-corrected chi connectivity index (χ3v) is 7.89. The van der Waals surface area contributed by atoms with Gasteiger partial charge in [0.25, 0.3) is 5.91 Å². The number of nitrogens with zero attached hydrogens (tertiary/aromatic N) is 2. The van der Waals surface area contributed by atoms with Gasteiger partial charge in [0.1, 0.15) is 16.7 Å². The summed E-state index contributed by atoms with van der Waals surface area (Å²) >= 11 is 19.3. The summed E-state index contributed by atoms with van der Waals surface area (Å²) in [6.07, 6.45) is 2.07. The van der Waals surface area contributed by atoms with E-state index in [9.17, 15) is 9.59 Å². The second kappa shape index (κ2) is 13.1. The standard InChI is InChI=1S/C26H26Cl2N2O5S2/c27-19-4-5-21(28)20(16-19)17-3-6-22(35-13-10-29-8-11-34-12-9-29)18(14-17)15-23-25(33)30(26(36)37-23)7-1-2-24(31)32/h3-6,14-16H,1-2,7-13H2,(H,31,32). The van der Waals surface area contributed by atoms with Crippen molar-refractivity contribution in [2.24, 2.45) is 0 Å². The molecule has 0 saturated carbocycles. The average Bonchev–Trinajstić information content (AvgIpc) is 3.14. The topological polar surface area (TPSA) is 79.3 Å². The highest BCUT2D eigenvalue weighted by molar-refractivity contribution is 8.26. The van der Waals surface area contributed by atoms with Crippen LogP contribution in [0.2, 0.25) is 10.0 Å². The molecule has 7 nitrogen and oxygen atoms in total. The number of halogens is 2. The van der Waals surface area contributed by atoms with Gasteiger partial charge in [0.2, 0.25) is 0 Å². The first-order valence-corrected chi connectivity index (χ1v) is 13.8. The number of morpholine rings is 1. The number of benzene rings is 2. The predicted molar refractivity (Wildman–Crippen MR) is 151 cm³/mol. The fourth-order valence-electron chi connectivity index (χ4n) is 4.01. The number of ether oxygens (including phenoxy) is 2. The minimum Gasteiger partial charge on any atom is -0.492 e. The minimum atomic E-state index is -0.906. The Morgan fingerprint density at radius 2 is 1.95 bits per heavy atom. The maximum atomic E-state index is 13.1. The lowest BCUT2D eigenvalue weighted by molar-refractivity contribution is -0.137. The van der Waals surface area contributed by atoms with Crippen LogP contribution in [0.25, 0.3) is 17.2 Å². The molecule has 2 fully saturated rings. The van der Waals surface area contributed by atoms with Crippen molar-refractivity contribution in [2.75, 3.05) is 46.0 Å². The smallest absolute Gasteiger partial charge is 0.303 e. The summed E-state index contributed by atoms with van der Waals surface area (Å²) < 4.78 is 12.0. The van der Waals surface area contributed by atoms with Crippen LogP contribution in [0.4, 0.5) is 0 Å². The molecule has 0 unspecified atom stereocenters. The predicted octanol–water partition coefficient (Wildman–Crippen LogP) is 5.44. The molecule has 37 heavy (non-hydrogen) atoms. The fraction of sp³-hybridized carbons (Fsp3) is 0.346. The summed E-state index contributed by atoms with van der Waals surface area (Å²) in [6.45, 7) is 4.67. The highest BCUT2D eigenvalue weighted by Crippen LogP contribution is 2.37. The number of carbonyl (C=O) groups is 2. The summed E-state index contributed by atoms with van der Waals surface area (Å²) in [4.78, 5) is 28.1. The SMILES string of the molecule is O=C(O)CCCN1C(=O)C(=Cc2cc(-c3cc(Cl)ccc3Cl)ccc2OCCN2CCOCC2)SC1=S. The maximum Gasteiger partial charge on any atom is 0.303 e. The number of aliphatic carboxylic acids is 1. The Kier molecular flexibility index (Phi) is 9.86. The van der Waals surface area contributed by atoms with Crippen LogP contribution in [0.15, 0.2) is 41.3 Å². The van der Waals surface area contributed by atoms with Crippen molar-refractivity contribution >= 4 is 69.5 Å². The summed E-state index contributed by atoms with van der Waals surface area (Å²) in [5, 5.41) is 10.0. The summed E-state index contributed by atoms with van der Waals surface area (Å²) in [5.74, 6) is -0.520. The molecule has 0 aromatic heterocycles. The molecule has 1 amide bonds. The first kappa shape index (κ1) is 27.9. The highest BCUT2D eigenvalue weighted by atomic mass is 35.5. The van der Waals surface area contributed by atoms with Crippen LogP contribution < -0.4 is 4.74 Å². The van der Waals surface area contributed by atoms with Crippen molar-refractivity contribution in [3.05, 3.63) is 56.9 Å². The molecule has 0 atom stereocenters. The number of rotatable bonds is 10. The number of carboxylic acid groups (broad SMARTS) is 1. The van der Waals surface area contributed by atoms with E-state index in [4.69, 9.17) is 50.0 Å². The van der Waals surface area contributed by atoms with Crippen LogP contribution in [0, 0.1) is 0 Å². The van der Waals surface area contributed by atoms with E-state index in [-0.39, 0.29) is 18.9 Å². The quantitative estimate of drug-likeness (QED) is 0.294. The molecule has 1 N–H and O–H groups in total. The molecular formula is C26H26Cl2N2O5S2. The van der Waals surface area contributed by atoms with E-state index in [0.29, 0.717) is 56.8 Å². The van der Waals surface area contributed by atoms with Crippen LogP contribution in [0.1, 0.15) is 18.4 Å². The molecule has 0 bridgehead atoms. The average molecular weight is 582 g/mol. The summed E-state index contributed by atoms with van der Waals surface area (Å²) in [7, 11) is 0. The monoisotopic (exact) mass is 580 g/mol. The molecule has 196 valence electrons. The van der Waals surface area contributed by atoms with Gasteiger partial charge in [-0.05, 0) is 48.4 Å². The molecule has 2 aromatic rings. The van der Waals surface area contributed by atoms with Crippen molar-refractivity contribution in [1.82, 2.24) is 9.80 Å². The Labute approximate surface area is 235 Å². The van der Waals surface area contributed by atoms with Gasteiger partial charge in [-0.2, -0.15) is 0 Å². The Morgan fingerprint density at radius 3 is 2.70 bits per heavy atom. The van der Waals surface area contributed by atoms with Gasteiger partial charge in [0.05, 0.1) is 18.1 Å². The number of thioether (sulfide) groups is 1. The largest absolute Gasteiger partial charge is 0.492 e. The third-order valence-electron chi connectivity index (χ3n) is 5.95. The van der Waals surface area contributed by atoms with Crippen molar-refractivity contribution in [1.29, 1.82) is 0 Å². The Balaban J connectivity index is 1.59. The van der Waals surface area contributed by atoms with Gasteiger partial charge in [-0.25, -0.2) is 0 Å². The molecule has 2 aliphatic heterocycles. The first-order valence-electron chi connectivity index (χ1n) is 11.8.